The van der Waals surface area contributed by atoms with E-state index in [2.05, 4.69) is 0 Å². The Morgan fingerprint density at radius 2 is 2.25 bits per heavy atom. The van der Waals surface area contributed by atoms with Gasteiger partial charge in [-0.3, -0.25) is 4.79 Å². The molecular weight excluding hydrogens is 208 g/mol. The van der Waals surface area contributed by atoms with E-state index in [1.165, 1.54) is 0 Å². The zero-order valence-electron chi connectivity index (χ0n) is 9.63. The normalized spacial score (nSPS) is 34.2. The van der Waals surface area contributed by atoms with Crippen molar-refractivity contribution in [3.8, 4) is 0 Å². The van der Waals surface area contributed by atoms with Crippen LogP contribution in [0.25, 0.3) is 0 Å². The van der Waals surface area contributed by atoms with Crippen molar-refractivity contribution in [2.45, 2.75) is 57.3 Å². The third kappa shape index (κ3) is 4.33. The van der Waals surface area contributed by atoms with Gasteiger partial charge in [0, 0.05) is 12.8 Å². The number of hydrogen-bond donors (Lipinski definition) is 2. The summed E-state index contributed by atoms with van der Waals surface area (Å²) in [6.45, 7) is 2.00. The smallest absolute Gasteiger partial charge is 0.306 e. The van der Waals surface area contributed by atoms with Crippen LogP contribution < -0.4 is 0 Å². The summed E-state index contributed by atoms with van der Waals surface area (Å²) >= 11 is 0. The molecule has 0 unspecified atom stereocenters. The highest BCUT2D eigenvalue weighted by Gasteiger charge is 2.22. The fourth-order valence-corrected chi connectivity index (χ4v) is 1.77. The maximum absolute atomic E-state index is 11.4. The van der Waals surface area contributed by atoms with E-state index in [1.807, 2.05) is 6.92 Å². The predicted molar refractivity (Wildman–Crippen MR) is 59.8 cm³/mol. The van der Waals surface area contributed by atoms with Gasteiger partial charge in [-0.05, 0) is 12.8 Å². The third-order valence-corrected chi connectivity index (χ3v) is 2.66. The van der Waals surface area contributed by atoms with E-state index >= 15 is 0 Å². The Balaban J connectivity index is 2.65. The lowest BCUT2D eigenvalue weighted by Crippen LogP contribution is -2.31. The first-order valence-corrected chi connectivity index (χ1v) is 5.85. The minimum atomic E-state index is -0.865. The van der Waals surface area contributed by atoms with Gasteiger partial charge in [0.25, 0.3) is 0 Å². The van der Waals surface area contributed by atoms with Crippen LogP contribution in [-0.4, -0.2) is 34.5 Å². The molecule has 0 spiro atoms. The third-order valence-electron chi connectivity index (χ3n) is 2.66. The van der Waals surface area contributed by atoms with E-state index in [0.29, 0.717) is 19.3 Å². The first-order valence-electron chi connectivity index (χ1n) is 5.85. The minimum Gasteiger partial charge on any atom is -0.462 e. The maximum atomic E-state index is 11.4. The van der Waals surface area contributed by atoms with E-state index in [0.717, 1.165) is 12.8 Å². The molecule has 92 valence electrons. The average Bonchev–Trinajstić information content (AvgIpc) is 2.23. The molecule has 0 saturated carbocycles. The highest BCUT2D eigenvalue weighted by atomic mass is 16.5. The number of carbonyl (C=O) groups is 1. The molecule has 0 fully saturated rings. The topological polar surface area (TPSA) is 66.8 Å². The van der Waals surface area contributed by atoms with Crippen LogP contribution in [0.1, 0.15) is 39.0 Å². The van der Waals surface area contributed by atoms with Gasteiger partial charge >= 0.3 is 5.97 Å². The largest absolute Gasteiger partial charge is 0.462 e. The average molecular weight is 228 g/mol. The van der Waals surface area contributed by atoms with Crippen molar-refractivity contribution in [1.29, 1.82) is 0 Å². The zero-order valence-corrected chi connectivity index (χ0v) is 9.63. The Labute approximate surface area is 95.9 Å². The summed E-state index contributed by atoms with van der Waals surface area (Å²) in [5, 5.41) is 19.3. The van der Waals surface area contributed by atoms with E-state index in [1.54, 1.807) is 12.2 Å². The van der Waals surface area contributed by atoms with Gasteiger partial charge in [-0.1, -0.05) is 25.5 Å². The number of aliphatic hydroxyl groups excluding tert-OH is 2. The number of carbonyl (C=O) groups excluding carboxylic acids is 1. The van der Waals surface area contributed by atoms with Crippen LogP contribution in [0.5, 0.6) is 0 Å². The first-order chi connectivity index (χ1) is 7.63. The number of cyclic esters (lactones) is 1. The van der Waals surface area contributed by atoms with Gasteiger partial charge in [-0.25, -0.2) is 0 Å². The summed E-state index contributed by atoms with van der Waals surface area (Å²) in [5.74, 6) is -0.230. The Bertz CT molecular complexity index is 249. The highest BCUT2D eigenvalue weighted by molar-refractivity contribution is 5.69. The second-order valence-corrected chi connectivity index (χ2v) is 4.16. The van der Waals surface area contributed by atoms with Crippen LogP contribution in [0, 0.1) is 0 Å². The molecule has 0 amide bonds. The Morgan fingerprint density at radius 1 is 1.50 bits per heavy atom. The summed E-state index contributed by atoms with van der Waals surface area (Å²) in [6, 6.07) is 0. The number of ether oxygens (including phenoxy) is 1. The van der Waals surface area contributed by atoms with Crippen LogP contribution in [0.2, 0.25) is 0 Å². The number of aliphatic hydroxyl groups is 2. The van der Waals surface area contributed by atoms with Crippen LogP contribution in [-0.2, 0) is 9.53 Å². The molecule has 1 heterocycles. The molecule has 0 aromatic heterocycles. The number of allylic oxidation sites excluding steroid dienone is 1. The second-order valence-electron chi connectivity index (χ2n) is 4.16. The van der Waals surface area contributed by atoms with Gasteiger partial charge in [-0.2, -0.15) is 0 Å². The Kier molecular flexibility index (Phi) is 5.49. The molecule has 1 rings (SSSR count). The lowest BCUT2D eigenvalue weighted by Gasteiger charge is -2.23. The van der Waals surface area contributed by atoms with Gasteiger partial charge in [-0.15, -0.1) is 0 Å². The Hall–Kier alpha value is -0.870. The molecule has 1 aliphatic rings. The fourth-order valence-electron chi connectivity index (χ4n) is 1.77. The molecule has 0 saturated heterocycles. The molecule has 0 aromatic rings. The molecular formula is C12H20O4. The van der Waals surface area contributed by atoms with Crippen LogP contribution in [0.3, 0.4) is 0 Å². The molecule has 0 aromatic carbocycles. The van der Waals surface area contributed by atoms with E-state index in [9.17, 15) is 15.0 Å². The molecule has 16 heavy (non-hydrogen) atoms. The molecule has 1 aliphatic heterocycles. The zero-order chi connectivity index (χ0) is 12.0. The lowest BCUT2D eigenvalue weighted by molar-refractivity contribution is -0.151. The van der Waals surface area contributed by atoms with Crippen molar-refractivity contribution in [3.63, 3.8) is 0 Å². The Morgan fingerprint density at radius 3 is 2.94 bits per heavy atom. The minimum absolute atomic E-state index is 0.230. The summed E-state index contributed by atoms with van der Waals surface area (Å²) in [7, 11) is 0. The van der Waals surface area contributed by atoms with Crippen LogP contribution in [0.4, 0.5) is 0 Å². The van der Waals surface area contributed by atoms with E-state index in [-0.39, 0.29) is 12.1 Å². The molecule has 0 aliphatic carbocycles. The van der Waals surface area contributed by atoms with Gasteiger partial charge in [0.2, 0.25) is 0 Å². The quantitative estimate of drug-likeness (QED) is 0.550. The summed E-state index contributed by atoms with van der Waals surface area (Å²) < 4.78 is 5.24. The van der Waals surface area contributed by atoms with Crippen LogP contribution >= 0.6 is 0 Å². The van der Waals surface area contributed by atoms with Gasteiger partial charge < -0.3 is 14.9 Å². The predicted octanol–water partition coefficient (Wildman–Crippen LogP) is 1.16. The molecule has 4 nitrogen and oxygen atoms in total. The molecule has 2 N–H and O–H groups in total. The maximum Gasteiger partial charge on any atom is 0.306 e. The van der Waals surface area contributed by atoms with Gasteiger partial charge in [0.05, 0.1) is 12.2 Å². The summed E-state index contributed by atoms with van der Waals surface area (Å²) in [6.07, 6.45) is 4.02. The van der Waals surface area contributed by atoms with Crippen molar-refractivity contribution in [3.05, 3.63) is 12.2 Å². The first kappa shape index (κ1) is 13.2. The molecule has 4 heteroatoms. The van der Waals surface area contributed by atoms with E-state index in [4.69, 9.17) is 4.74 Å². The lowest BCUT2D eigenvalue weighted by atomic mass is 10.0. The number of rotatable bonds is 2. The standard InChI is InChI=1S/C12H20O4/c1-2-5-9-8-11(14)10(13)6-3-4-7-12(15)16-9/h3,6,9-11,13-14H,2,4-5,7-8H2,1H3/b6-3+/t9-,10+,11-/m1/s1. The van der Waals surface area contributed by atoms with Crippen molar-refractivity contribution < 1.29 is 19.7 Å². The van der Waals surface area contributed by atoms with Gasteiger partial charge in [0.15, 0.2) is 0 Å². The SMILES string of the molecule is CCC[C@@H]1C[C@@H](O)[C@@H](O)/C=C/CCC(=O)O1. The summed E-state index contributed by atoms with van der Waals surface area (Å²) in [5.41, 5.74) is 0. The monoisotopic (exact) mass is 228 g/mol. The van der Waals surface area contributed by atoms with E-state index < -0.39 is 12.2 Å². The highest BCUT2D eigenvalue weighted by Crippen LogP contribution is 2.15. The molecule has 0 radical (unpaired) electrons. The number of hydrogen-bond acceptors (Lipinski definition) is 4. The van der Waals surface area contributed by atoms with Crippen molar-refractivity contribution in [1.82, 2.24) is 0 Å². The summed E-state index contributed by atoms with van der Waals surface area (Å²) in [4.78, 5) is 11.4. The van der Waals surface area contributed by atoms with Gasteiger partial charge in [0.1, 0.15) is 6.10 Å². The molecule has 3 atom stereocenters. The van der Waals surface area contributed by atoms with Crippen molar-refractivity contribution in [2.24, 2.45) is 0 Å². The van der Waals surface area contributed by atoms with Crippen molar-refractivity contribution in [2.75, 3.05) is 0 Å². The number of esters is 1. The fraction of sp³-hybridized carbons (Fsp3) is 0.750. The second kappa shape index (κ2) is 6.66. The molecule has 0 bridgehead atoms. The van der Waals surface area contributed by atoms with Crippen molar-refractivity contribution >= 4 is 5.97 Å². The van der Waals surface area contributed by atoms with Crippen LogP contribution in [0.15, 0.2) is 12.2 Å².